The summed E-state index contributed by atoms with van der Waals surface area (Å²) in [5, 5.41) is 0. The van der Waals surface area contributed by atoms with Crippen LogP contribution in [0.5, 0.6) is 0 Å². The van der Waals surface area contributed by atoms with Crippen LogP contribution in [0.15, 0.2) is 8.98 Å². The van der Waals surface area contributed by atoms with Crippen LogP contribution in [0.1, 0.15) is 0 Å². The number of hydrogen-bond donors (Lipinski definition) is 1. The monoisotopic (exact) mass is 182 g/mol. The molecule has 0 aromatic rings. The van der Waals surface area contributed by atoms with Gasteiger partial charge in [0.05, 0.1) is 0 Å². The maximum atomic E-state index is 4.99. The molecule has 0 radical (unpaired) electrons. The first-order valence-corrected chi connectivity index (χ1v) is 2.52. The summed E-state index contributed by atoms with van der Waals surface area (Å²) in [6, 6.07) is 0. The minimum atomic E-state index is -0.0988. The van der Waals surface area contributed by atoms with Crippen molar-refractivity contribution in [2.24, 2.45) is 0 Å². The molecule has 1 nitrogen and oxygen atoms in total. The van der Waals surface area contributed by atoms with Crippen molar-refractivity contribution in [1.29, 1.82) is 0 Å². The summed E-state index contributed by atoms with van der Waals surface area (Å²) in [4.78, 5) is 0. The van der Waals surface area contributed by atoms with E-state index < -0.39 is 0 Å². The molecular weight excluding hydrogens is 180 g/mol. The first-order chi connectivity index (χ1) is 2.64. The first-order valence-electron chi connectivity index (χ1n) is 1.01. The topological polar surface area (TPSA) is 36.5 Å². The maximum absolute atomic E-state index is 4.99. The molecular formula is C2H4Cl4N+. The minimum Gasteiger partial charge on any atom is -0.369 e. The van der Waals surface area contributed by atoms with E-state index in [1.807, 2.05) is 0 Å². The van der Waals surface area contributed by atoms with E-state index in [4.69, 9.17) is 46.4 Å². The Morgan fingerprint density at radius 3 is 0.857 bits per heavy atom. The van der Waals surface area contributed by atoms with Gasteiger partial charge in [-0.1, -0.05) is 46.4 Å². The predicted molar refractivity (Wildman–Crippen MR) is 36.4 cm³/mol. The zero-order chi connectivity index (χ0) is 5.15. The van der Waals surface area contributed by atoms with Gasteiger partial charge in [-0.25, -0.2) is 0 Å². The lowest BCUT2D eigenvalue weighted by Crippen LogP contribution is -1.47. The second-order valence-corrected chi connectivity index (χ2v) is 2.42. The smallest absolute Gasteiger partial charge is 0.136 e. The second-order valence-electron chi connectivity index (χ2n) is 0.521. The van der Waals surface area contributed by atoms with E-state index >= 15 is 0 Å². The molecule has 44 valence electrons. The molecule has 0 bridgehead atoms. The number of quaternary nitrogens is 1. The maximum Gasteiger partial charge on any atom is 0.136 e. The molecule has 0 aliphatic rings. The van der Waals surface area contributed by atoms with Crippen LogP contribution >= 0.6 is 46.4 Å². The average Bonchev–Trinajstić information content (AvgIpc) is 1.36. The van der Waals surface area contributed by atoms with Gasteiger partial charge in [0.2, 0.25) is 0 Å². The molecule has 4 N–H and O–H groups in total. The lowest BCUT2D eigenvalue weighted by molar-refractivity contribution is 2.13. The number of rotatable bonds is 0. The van der Waals surface area contributed by atoms with Crippen molar-refractivity contribution >= 4 is 46.4 Å². The molecule has 0 heterocycles. The average molecular weight is 184 g/mol. The van der Waals surface area contributed by atoms with Gasteiger partial charge >= 0.3 is 0 Å². The Bertz CT molecular complexity index is 59.8. The standard InChI is InChI=1S/C2Cl4.H3N/c3-1(4)2(5)6;/h;1H3/p+1. The van der Waals surface area contributed by atoms with Crippen molar-refractivity contribution in [1.82, 2.24) is 6.15 Å². The van der Waals surface area contributed by atoms with Gasteiger partial charge in [-0.2, -0.15) is 0 Å². The Morgan fingerprint density at radius 1 is 0.714 bits per heavy atom. The lowest BCUT2D eigenvalue weighted by Gasteiger charge is -1.75. The van der Waals surface area contributed by atoms with E-state index in [1.54, 1.807) is 0 Å². The molecule has 7 heavy (non-hydrogen) atoms. The predicted octanol–water partition coefficient (Wildman–Crippen LogP) is 3.44. The Labute approximate surface area is 61.8 Å². The fourth-order valence-corrected chi connectivity index (χ4v) is 0. The molecule has 0 saturated heterocycles. The van der Waals surface area contributed by atoms with Crippen molar-refractivity contribution in [3.8, 4) is 0 Å². The zero-order valence-corrected chi connectivity index (χ0v) is 6.54. The third-order valence-electron chi connectivity index (χ3n) is 0.143. The van der Waals surface area contributed by atoms with E-state index in [1.165, 1.54) is 0 Å². The highest BCUT2D eigenvalue weighted by Crippen LogP contribution is 2.20. The highest BCUT2D eigenvalue weighted by atomic mass is 35.5. The van der Waals surface area contributed by atoms with Crippen LogP contribution in [0.2, 0.25) is 0 Å². The minimum absolute atomic E-state index is 0. The molecule has 0 amide bonds. The second kappa shape index (κ2) is 5.01. The van der Waals surface area contributed by atoms with Crippen LogP contribution in [0.25, 0.3) is 0 Å². The zero-order valence-electron chi connectivity index (χ0n) is 3.51. The highest BCUT2D eigenvalue weighted by Gasteiger charge is 1.88. The van der Waals surface area contributed by atoms with Gasteiger partial charge in [0.15, 0.2) is 0 Å². The third kappa shape index (κ3) is 6.86. The normalized spacial score (nSPS) is 6.86. The van der Waals surface area contributed by atoms with Crippen LogP contribution in [-0.4, -0.2) is 0 Å². The van der Waals surface area contributed by atoms with Gasteiger partial charge in [-0.15, -0.1) is 0 Å². The van der Waals surface area contributed by atoms with E-state index in [0.29, 0.717) is 0 Å². The summed E-state index contributed by atoms with van der Waals surface area (Å²) in [6.07, 6.45) is 0. The number of hydrogen-bond acceptors (Lipinski definition) is 0. The van der Waals surface area contributed by atoms with Crippen LogP contribution < -0.4 is 6.15 Å². The third-order valence-corrected chi connectivity index (χ3v) is 1.29. The molecule has 0 fully saturated rings. The van der Waals surface area contributed by atoms with Crippen LogP contribution in [-0.2, 0) is 0 Å². The largest absolute Gasteiger partial charge is 0.369 e. The van der Waals surface area contributed by atoms with Crippen LogP contribution in [0, 0.1) is 0 Å². The van der Waals surface area contributed by atoms with Crippen molar-refractivity contribution in [2.75, 3.05) is 0 Å². The Balaban J connectivity index is 0. The lowest BCUT2D eigenvalue weighted by atomic mass is 11.2. The molecule has 0 rings (SSSR count). The van der Waals surface area contributed by atoms with Crippen molar-refractivity contribution in [2.45, 2.75) is 0 Å². The summed E-state index contributed by atoms with van der Waals surface area (Å²) in [7, 11) is 0. The molecule has 0 aromatic heterocycles. The van der Waals surface area contributed by atoms with Crippen molar-refractivity contribution < 1.29 is 0 Å². The van der Waals surface area contributed by atoms with E-state index in [2.05, 4.69) is 0 Å². The fourth-order valence-electron chi connectivity index (χ4n) is 0. The van der Waals surface area contributed by atoms with Gasteiger partial charge in [0.25, 0.3) is 0 Å². The fraction of sp³-hybridized carbons (Fsp3) is 0. The van der Waals surface area contributed by atoms with Crippen molar-refractivity contribution in [3.63, 3.8) is 0 Å². The molecule has 0 atom stereocenters. The van der Waals surface area contributed by atoms with Crippen LogP contribution in [0.4, 0.5) is 0 Å². The van der Waals surface area contributed by atoms with Gasteiger partial charge in [-0.05, 0) is 0 Å². The van der Waals surface area contributed by atoms with E-state index in [0.717, 1.165) is 0 Å². The number of halogens is 4. The van der Waals surface area contributed by atoms with Gasteiger partial charge in [0.1, 0.15) is 8.98 Å². The Morgan fingerprint density at radius 2 is 0.857 bits per heavy atom. The summed E-state index contributed by atoms with van der Waals surface area (Å²) < 4.78 is -0.198. The molecule has 0 aliphatic carbocycles. The van der Waals surface area contributed by atoms with Gasteiger partial charge in [0, 0.05) is 0 Å². The van der Waals surface area contributed by atoms with Gasteiger partial charge < -0.3 is 6.15 Å². The quantitative estimate of drug-likeness (QED) is 0.598. The molecule has 0 spiro atoms. The summed E-state index contributed by atoms with van der Waals surface area (Å²) in [5.74, 6) is 0. The Kier molecular flexibility index (Phi) is 7.70. The van der Waals surface area contributed by atoms with E-state index in [9.17, 15) is 0 Å². The summed E-state index contributed by atoms with van der Waals surface area (Å²) in [6.45, 7) is 0. The summed E-state index contributed by atoms with van der Waals surface area (Å²) in [5.41, 5.74) is 0. The first kappa shape index (κ1) is 10.8. The van der Waals surface area contributed by atoms with Crippen molar-refractivity contribution in [3.05, 3.63) is 8.98 Å². The van der Waals surface area contributed by atoms with E-state index in [-0.39, 0.29) is 15.1 Å². The highest BCUT2D eigenvalue weighted by molar-refractivity contribution is 6.67. The molecule has 0 saturated carbocycles. The van der Waals surface area contributed by atoms with Gasteiger partial charge in [-0.3, -0.25) is 0 Å². The molecule has 5 heteroatoms. The van der Waals surface area contributed by atoms with Crippen LogP contribution in [0.3, 0.4) is 0 Å². The molecule has 0 aromatic carbocycles. The molecule has 0 unspecified atom stereocenters. The Hall–Kier alpha value is 0.860. The summed E-state index contributed by atoms with van der Waals surface area (Å²) >= 11 is 20.0. The molecule has 0 aliphatic heterocycles. The SMILES string of the molecule is ClC(Cl)=C(Cl)Cl.[NH4+].